The van der Waals surface area contributed by atoms with Crippen LogP contribution < -0.4 is 5.32 Å². The zero-order valence-corrected chi connectivity index (χ0v) is 29.1. The van der Waals surface area contributed by atoms with Gasteiger partial charge in [-0.2, -0.15) is 0 Å². The summed E-state index contributed by atoms with van der Waals surface area (Å²) in [6.45, 7) is 4.66. The second-order valence-electron chi connectivity index (χ2n) is 14.3. The molecule has 0 saturated carbocycles. The van der Waals surface area contributed by atoms with Gasteiger partial charge in [0.1, 0.15) is 12.0 Å². The van der Waals surface area contributed by atoms with Gasteiger partial charge in [0, 0.05) is 33.5 Å². The van der Waals surface area contributed by atoms with Crippen LogP contribution in [-0.4, -0.2) is 15.3 Å². The first-order chi connectivity index (χ1) is 25.5. The summed E-state index contributed by atoms with van der Waals surface area (Å²) in [5.41, 5.74) is 17.4. The number of imidazole rings is 1. The van der Waals surface area contributed by atoms with Crippen LogP contribution in [0.4, 0.5) is 5.69 Å². The fourth-order valence-electron chi connectivity index (χ4n) is 8.25. The standard InChI is InChI=1S/C48H36N4/c1-48(2)39-18-8-6-15-36(39)44-38(17-12-19-40(44)48)45-37-16-7-9-20-41(37)49-46(51-45)33-27-23-31(24-28-33)32-25-29-34(30-26-32)47-50-42-21-10-11-22-43(42)52(47)35-13-4-3-5-14-35/h3-30,46,49H,1-2H3. The zero-order chi connectivity index (χ0) is 34.8. The summed E-state index contributed by atoms with van der Waals surface area (Å²) in [5, 5.41) is 3.73. The number of hydrogen-bond acceptors (Lipinski definition) is 3. The molecule has 4 heteroatoms. The third kappa shape index (κ3) is 4.75. The van der Waals surface area contributed by atoms with Gasteiger partial charge in [0.2, 0.25) is 0 Å². The number of hydrogen-bond donors (Lipinski definition) is 1. The van der Waals surface area contributed by atoms with Crippen molar-refractivity contribution in [2.75, 3.05) is 5.32 Å². The molecule has 1 N–H and O–H groups in total. The highest BCUT2D eigenvalue weighted by Crippen LogP contribution is 2.50. The van der Waals surface area contributed by atoms with E-state index < -0.39 is 0 Å². The van der Waals surface area contributed by atoms with E-state index >= 15 is 0 Å². The largest absolute Gasteiger partial charge is 0.360 e. The van der Waals surface area contributed by atoms with Gasteiger partial charge in [-0.3, -0.25) is 9.56 Å². The van der Waals surface area contributed by atoms with E-state index in [0.29, 0.717) is 0 Å². The van der Waals surface area contributed by atoms with Crippen LogP contribution in [-0.2, 0) is 5.41 Å². The van der Waals surface area contributed by atoms with E-state index in [1.54, 1.807) is 0 Å². The lowest BCUT2D eigenvalue weighted by atomic mass is 9.82. The summed E-state index contributed by atoms with van der Waals surface area (Å²) in [6, 6.07) is 60.5. The summed E-state index contributed by atoms with van der Waals surface area (Å²) in [6.07, 6.45) is -0.215. The Labute approximate surface area is 303 Å². The van der Waals surface area contributed by atoms with Crippen molar-refractivity contribution in [1.29, 1.82) is 0 Å². The Balaban J connectivity index is 0.995. The first-order valence-corrected chi connectivity index (χ1v) is 18.0. The number of rotatable bonds is 5. The maximum atomic E-state index is 5.46. The van der Waals surface area contributed by atoms with E-state index in [9.17, 15) is 0 Å². The van der Waals surface area contributed by atoms with Crippen LogP contribution in [0.15, 0.2) is 175 Å². The van der Waals surface area contributed by atoms with Crippen LogP contribution in [0.2, 0.25) is 0 Å². The van der Waals surface area contributed by atoms with Gasteiger partial charge in [-0.05, 0) is 69.3 Å². The highest BCUT2D eigenvalue weighted by molar-refractivity contribution is 6.20. The van der Waals surface area contributed by atoms with E-state index in [1.807, 2.05) is 12.1 Å². The average molecular weight is 669 g/mol. The summed E-state index contributed by atoms with van der Waals surface area (Å²) in [5.74, 6) is 0.933. The number of nitrogens with zero attached hydrogens (tertiary/aromatic N) is 3. The van der Waals surface area contributed by atoms with Gasteiger partial charge >= 0.3 is 0 Å². The Morgan fingerprint density at radius 1 is 0.538 bits per heavy atom. The van der Waals surface area contributed by atoms with Gasteiger partial charge in [0.15, 0.2) is 0 Å². The number of fused-ring (bicyclic) bond motifs is 5. The third-order valence-corrected chi connectivity index (χ3v) is 10.9. The molecule has 2 heterocycles. The maximum Gasteiger partial charge on any atom is 0.145 e. The lowest BCUT2D eigenvalue weighted by Gasteiger charge is -2.27. The van der Waals surface area contributed by atoms with Crippen molar-refractivity contribution in [2.24, 2.45) is 4.99 Å². The molecule has 1 aromatic heterocycles. The second-order valence-corrected chi connectivity index (χ2v) is 14.3. The van der Waals surface area contributed by atoms with Crippen LogP contribution >= 0.6 is 0 Å². The lowest BCUT2D eigenvalue weighted by Crippen LogP contribution is -2.21. The van der Waals surface area contributed by atoms with E-state index in [-0.39, 0.29) is 11.6 Å². The fraction of sp³-hybridized carbons (Fsp3) is 0.0833. The van der Waals surface area contributed by atoms with Gasteiger partial charge in [-0.1, -0.05) is 153 Å². The molecule has 1 aliphatic heterocycles. The average Bonchev–Trinajstić information content (AvgIpc) is 3.71. The summed E-state index contributed by atoms with van der Waals surface area (Å²) < 4.78 is 2.24. The lowest BCUT2D eigenvalue weighted by molar-refractivity contribution is 0.660. The highest BCUT2D eigenvalue weighted by Gasteiger charge is 2.38. The van der Waals surface area contributed by atoms with Crippen molar-refractivity contribution in [1.82, 2.24) is 9.55 Å². The molecule has 8 aromatic rings. The molecule has 1 atom stereocenters. The molecule has 4 nitrogen and oxygen atoms in total. The van der Waals surface area contributed by atoms with Gasteiger partial charge in [0.05, 0.1) is 16.7 Å². The quantitative estimate of drug-likeness (QED) is 0.198. The molecule has 0 amide bonds. The summed E-state index contributed by atoms with van der Waals surface area (Å²) in [7, 11) is 0. The number of aromatic nitrogens is 2. The Kier molecular flexibility index (Phi) is 6.87. The topological polar surface area (TPSA) is 42.2 Å². The molecule has 0 saturated heterocycles. The molecule has 1 aliphatic carbocycles. The highest BCUT2D eigenvalue weighted by atomic mass is 15.1. The normalized spacial score (nSPS) is 15.3. The van der Waals surface area contributed by atoms with Crippen molar-refractivity contribution < 1.29 is 0 Å². The van der Waals surface area contributed by atoms with Crippen molar-refractivity contribution in [3.63, 3.8) is 0 Å². The molecule has 52 heavy (non-hydrogen) atoms. The third-order valence-electron chi connectivity index (χ3n) is 10.9. The molecule has 1 unspecified atom stereocenters. The van der Waals surface area contributed by atoms with Crippen LogP contribution in [0.1, 0.15) is 47.8 Å². The summed E-state index contributed by atoms with van der Waals surface area (Å²) >= 11 is 0. The van der Waals surface area contributed by atoms with Crippen molar-refractivity contribution in [3.8, 4) is 39.3 Å². The van der Waals surface area contributed by atoms with E-state index in [1.165, 1.54) is 27.8 Å². The number of benzene rings is 7. The Morgan fingerprint density at radius 3 is 1.96 bits per heavy atom. The minimum atomic E-state index is -0.215. The number of nitrogens with one attached hydrogen (secondary N) is 1. The van der Waals surface area contributed by atoms with Gasteiger partial charge < -0.3 is 5.32 Å². The maximum absolute atomic E-state index is 5.46. The number of anilines is 1. The van der Waals surface area contributed by atoms with Crippen molar-refractivity contribution >= 4 is 22.4 Å². The minimum absolute atomic E-state index is 0.0702. The van der Waals surface area contributed by atoms with Crippen molar-refractivity contribution in [2.45, 2.75) is 25.4 Å². The zero-order valence-electron chi connectivity index (χ0n) is 29.1. The summed E-state index contributed by atoms with van der Waals surface area (Å²) in [4.78, 5) is 10.5. The molecule has 248 valence electrons. The van der Waals surface area contributed by atoms with E-state index in [4.69, 9.17) is 9.98 Å². The monoisotopic (exact) mass is 668 g/mol. The Hall–Kier alpha value is -6.52. The molecular formula is C48H36N4. The molecule has 0 bridgehead atoms. The molecule has 0 spiro atoms. The molecule has 2 aliphatic rings. The smallest absolute Gasteiger partial charge is 0.145 e. The van der Waals surface area contributed by atoms with E-state index in [2.05, 4.69) is 181 Å². The molecule has 0 fully saturated rings. The first kappa shape index (κ1) is 30.3. The fourth-order valence-corrected chi connectivity index (χ4v) is 8.25. The minimum Gasteiger partial charge on any atom is -0.360 e. The molecule has 10 rings (SSSR count). The van der Waals surface area contributed by atoms with Crippen LogP contribution in [0.5, 0.6) is 0 Å². The van der Waals surface area contributed by atoms with Gasteiger partial charge in [0.25, 0.3) is 0 Å². The SMILES string of the molecule is CC1(C)c2ccccc2-c2c(C3=NC(c4ccc(-c5ccc(-c6nc7ccccc7n6-c6ccccc6)cc5)cc4)Nc4ccccc43)cccc21. The van der Waals surface area contributed by atoms with Crippen molar-refractivity contribution in [3.05, 3.63) is 198 Å². The molecule has 0 radical (unpaired) electrons. The van der Waals surface area contributed by atoms with Gasteiger partial charge in [-0.15, -0.1) is 0 Å². The van der Waals surface area contributed by atoms with Gasteiger partial charge in [-0.25, -0.2) is 4.98 Å². The second kappa shape index (κ2) is 11.8. The Morgan fingerprint density at radius 2 is 1.15 bits per heavy atom. The van der Waals surface area contributed by atoms with Crippen LogP contribution in [0.25, 0.3) is 50.4 Å². The number of aliphatic imine (C=N–C) groups is 1. The number of para-hydroxylation sites is 4. The van der Waals surface area contributed by atoms with Crippen LogP contribution in [0, 0.1) is 0 Å². The Bertz CT molecular complexity index is 2660. The molecular weight excluding hydrogens is 633 g/mol. The molecule has 7 aromatic carbocycles. The van der Waals surface area contributed by atoms with E-state index in [0.717, 1.165) is 61.8 Å². The predicted molar refractivity (Wildman–Crippen MR) is 214 cm³/mol. The first-order valence-electron chi connectivity index (χ1n) is 18.0. The van der Waals surface area contributed by atoms with Crippen LogP contribution in [0.3, 0.4) is 0 Å². The predicted octanol–water partition coefficient (Wildman–Crippen LogP) is 11.6.